The summed E-state index contributed by atoms with van der Waals surface area (Å²) in [5.41, 5.74) is 6.46. The average molecular weight is 273 g/mol. The van der Waals surface area contributed by atoms with Crippen LogP contribution in [0.2, 0.25) is 0 Å². The van der Waals surface area contributed by atoms with E-state index in [0.29, 0.717) is 11.3 Å². The van der Waals surface area contributed by atoms with Gasteiger partial charge in [0.05, 0.1) is 12.7 Å². The Balaban J connectivity index is 0.00000289. The second kappa shape index (κ2) is 7.68. The molecule has 0 aromatic heterocycles. The first-order chi connectivity index (χ1) is 8.02. The molecule has 1 atom stereocenters. The van der Waals surface area contributed by atoms with Crippen molar-refractivity contribution in [3.8, 4) is 0 Å². The Morgan fingerprint density at radius 1 is 1.44 bits per heavy atom. The largest absolute Gasteiger partial charge is 0.465 e. The van der Waals surface area contributed by atoms with Crippen LogP contribution in [0.5, 0.6) is 0 Å². The molecule has 0 aliphatic rings. The minimum Gasteiger partial charge on any atom is -0.465 e. The van der Waals surface area contributed by atoms with Crippen molar-refractivity contribution in [2.75, 3.05) is 12.4 Å². The summed E-state index contributed by atoms with van der Waals surface area (Å²) in [7, 11) is 1.31. The van der Waals surface area contributed by atoms with E-state index in [1.54, 1.807) is 31.2 Å². The molecule has 0 spiro atoms. The van der Waals surface area contributed by atoms with Crippen LogP contribution < -0.4 is 11.1 Å². The fourth-order valence-electron chi connectivity index (χ4n) is 1.35. The summed E-state index contributed by atoms with van der Waals surface area (Å²) in [6, 6.07) is 6.36. The van der Waals surface area contributed by atoms with Crippen LogP contribution in [0.25, 0.3) is 0 Å². The minimum atomic E-state index is -0.437. The molecule has 0 saturated carbocycles. The smallest absolute Gasteiger partial charge is 0.337 e. The van der Waals surface area contributed by atoms with E-state index in [-0.39, 0.29) is 30.8 Å². The topological polar surface area (TPSA) is 81.4 Å². The van der Waals surface area contributed by atoms with Crippen molar-refractivity contribution in [3.05, 3.63) is 29.8 Å². The van der Waals surface area contributed by atoms with Gasteiger partial charge in [0.1, 0.15) is 0 Å². The van der Waals surface area contributed by atoms with E-state index in [4.69, 9.17) is 5.73 Å². The second-order valence-corrected chi connectivity index (χ2v) is 3.80. The molecule has 1 aromatic carbocycles. The van der Waals surface area contributed by atoms with Gasteiger partial charge in [-0.05, 0) is 25.1 Å². The second-order valence-electron chi connectivity index (χ2n) is 3.80. The maximum absolute atomic E-state index is 11.5. The maximum Gasteiger partial charge on any atom is 0.337 e. The lowest BCUT2D eigenvalue weighted by Gasteiger charge is -2.08. The summed E-state index contributed by atoms with van der Waals surface area (Å²) in [4.78, 5) is 22.7. The number of halogens is 1. The van der Waals surface area contributed by atoms with Crippen molar-refractivity contribution < 1.29 is 14.3 Å². The summed E-state index contributed by atoms with van der Waals surface area (Å²) in [5.74, 6) is -0.615. The molecule has 0 saturated heterocycles. The first-order valence-electron chi connectivity index (χ1n) is 5.26. The molecule has 1 unspecified atom stereocenters. The van der Waals surface area contributed by atoms with Gasteiger partial charge in [-0.2, -0.15) is 0 Å². The Labute approximate surface area is 112 Å². The predicted molar refractivity (Wildman–Crippen MR) is 71.9 cm³/mol. The number of esters is 1. The monoisotopic (exact) mass is 272 g/mol. The molecule has 0 aliphatic carbocycles. The van der Waals surface area contributed by atoms with Crippen LogP contribution in [-0.2, 0) is 9.53 Å². The zero-order valence-corrected chi connectivity index (χ0v) is 11.1. The quantitative estimate of drug-likeness (QED) is 0.815. The highest BCUT2D eigenvalue weighted by molar-refractivity contribution is 5.94. The number of ether oxygens (including phenoxy) is 1. The van der Waals surface area contributed by atoms with E-state index < -0.39 is 5.97 Å². The molecule has 6 heteroatoms. The molecule has 3 N–H and O–H groups in total. The van der Waals surface area contributed by atoms with Gasteiger partial charge in [-0.15, -0.1) is 12.4 Å². The lowest BCUT2D eigenvalue weighted by Crippen LogP contribution is -2.24. The molecule has 5 nitrogen and oxygen atoms in total. The number of carbonyl (C=O) groups is 2. The fraction of sp³-hybridized carbons (Fsp3) is 0.333. The van der Waals surface area contributed by atoms with E-state index in [9.17, 15) is 9.59 Å². The highest BCUT2D eigenvalue weighted by Crippen LogP contribution is 2.12. The minimum absolute atomic E-state index is 0. The molecule has 0 aliphatic heterocycles. The number of anilines is 1. The van der Waals surface area contributed by atoms with Gasteiger partial charge in [-0.3, -0.25) is 4.79 Å². The first-order valence-corrected chi connectivity index (χ1v) is 5.26. The molecule has 0 bridgehead atoms. The van der Waals surface area contributed by atoms with Crippen LogP contribution in [0.15, 0.2) is 24.3 Å². The molecule has 0 fully saturated rings. The first kappa shape index (κ1) is 16.4. The summed E-state index contributed by atoms with van der Waals surface area (Å²) in [6.45, 7) is 1.75. The van der Waals surface area contributed by atoms with Crippen molar-refractivity contribution in [1.82, 2.24) is 0 Å². The molecular formula is C12H17ClN2O3. The molecule has 100 valence electrons. The predicted octanol–water partition coefficient (Wildman–Crippen LogP) is 1.57. The Kier molecular flexibility index (Phi) is 7.00. The number of hydrogen-bond donors (Lipinski definition) is 2. The van der Waals surface area contributed by atoms with Crippen LogP contribution in [0.4, 0.5) is 5.69 Å². The average Bonchev–Trinajstić information content (AvgIpc) is 2.27. The number of benzene rings is 1. The van der Waals surface area contributed by atoms with Gasteiger partial charge in [-0.25, -0.2) is 4.79 Å². The van der Waals surface area contributed by atoms with Crippen molar-refractivity contribution in [2.45, 2.75) is 19.4 Å². The van der Waals surface area contributed by atoms with Gasteiger partial charge in [-0.1, -0.05) is 6.07 Å². The van der Waals surface area contributed by atoms with Gasteiger partial charge >= 0.3 is 5.97 Å². The highest BCUT2D eigenvalue weighted by atomic mass is 35.5. The summed E-state index contributed by atoms with van der Waals surface area (Å²) >= 11 is 0. The van der Waals surface area contributed by atoms with E-state index in [2.05, 4.69) is 10.1 Å². The lowest BCUT2D eigenvalue weighted by molar-refractivity contribution is -0.116. The van der Waals surface area contributed by atoms with Gasteiger partial charge < -0.3 is 15.8 Å². The van der Waals surface area contributed by atoms with Gasteiger partial charge in [0, 0.05) is 18.2 Å². The summed E-state index contributed by atoms with van der Waals surface area (Å²) < 4.78 is 4.59. The molecule has 1 rings (SSSR count). The highest BCUT2D eigenvalue weighted by Gasteiger charge is 2.08. The van der Waals surface area contributed by atoms with Crippen LogP contribution >= 0.6 is 12.4 Å². The Hall–Kier alpha value is -1.59. The van der Waals surface area contributed by atoms with E-state index in [0.717, 1.165) is 0 Å². The molecule has 18 heavy (non-hydrogen) atoms. The van der Waals surface area contributed by atoms with Crippen molar-refractivity contribution in [1.29, 1.82) is 0 Å². The number of amides is 1. The molecular weight excluding hydrogens is 256 g/mol. The molecule has 0 radical (unpaired) electrons. The van der Waals surface area contributed by atoms with Crippen LogP contribution in [0.1, 0.15) is 23.7 Å². The number of methoxy groups -OCH3 is 1. The van der Waals surface area contributed by atoms with Gasteiger partial charge in [0.15, 0.2) is 0 Å². The van der Waals surface area contributed by atoms with E-state index >= 15 is 0 Å². The Bertz CT molecular complexity index is 422. The van der Waals surface area contributed by atoms with Crippen LogP contribution in [0.3, 0.4) is 0 Å². The number of nitrogens with one attached hydrogen (secondary N) is 1. The number of hydrogen-bond acceptors (Lipinski definition) is 4. The number of nitrogens with two attached hydrogens (primary N) is 1. The molecule has 1 amide bonds. The summed E-state index contributed by atoms with van der Waals surface area (Å²) in [6.07, 6.45) is 0.239. The van der Waals surface area contributed by atoms with Crippen LogP contribution in [0, 0.1) is 0 Å². The van der Waals surface area contributed by atoms with Crippen molar-refractivity contribution in [3.63, 3.8) is 0 Å². The molecule has 1 aromatic rings. The maximum atomic E-state index is 11.5. The zero-order chi connectivity index (χ0) is 12.8. The Morgan fingerprint density at radius 3 is 2.67 bits per heavy atom. The third kappa shape index (κ3) is 5.16. The Morgan fingerprint density at radius 2 is 2.11 bits per heavy atom. The third-order valence-electron chi connectivity index (χ3n) is 2.07. The zero-order valence-electron chi connectivity index (χ0n) is 10.3. The van der Waals surface area contributed by atoms with Crippen molar-refractivity contribution >= 4 is 30.0 Å². The third-order valence-corrected chi connectivity index (χ3v) is 2.07. The van der Waals surface area contributed by atoms with Crippen molar-refractivity contribution in [2.24, 2.45) is 5.73 Å². The molecule has 0 heterocycles. The van der Waals surface area contributed by atoms with E-state index in [1.165, 1.54) is 7.11 Å². The summed E-state index contributed by atoms with van der Waals surface area (Å²) in [5, 5.41) is 2.67. The normalized spacial score (nSPS) is 11.1. The van der Waals surface area contributed by atoms with Gasteiger partial charge in [0.2, 0.25) is 5.91 Å². The lowest BCUT2D eigenvalue weighted by atomic mass is 10.2. The van der Waals surface area contributed by atoms with Crippen LogP contribution in [-0.4, -0.2) is 25.0 Å². The SMILES string of the molecule is COC(=O)c1cccc(NC(=O)CC(C)N)c1.Cl. The number of carbonyl (C=O) groups excluding carboxylic acids is 2. The standard InChI is InChI=1S/C12H16N2O3.ClH/c1-8(13)6-11(15)14-10-5-3-4-9(7-10)12(16)17-2;/h3-5,7-8H,6,13H2,1-2H3,(H,14,15);1H. The van der Waals surface area contributed by atoms with E-state index in [1.807, 2.05) is 0 Å². The fourth-order valence-corrected chi connectivity index (χ4v) is 1.35. The number of rotatable bonds is 4. The van der Waals surface area contributed by atoms with Gasteiger partial charge in [0.25, 0.3) is 0 Å².